The van der Waals surface area contributed by atoms with Crippen molar-refractivity contribution < 1.29 is 14.6 Å². The van der Waals surface area contributed by atoms with Gasteiger partial charge in [0.1, 0.15) is 0 Å². The number of nitrogens with one attached hydrogen (secondary N) is 1. The summed E-state index contributed by atoms with van der Waals surface area (Å²) in [5.41, 5.74) is 8.96. The van der Waals surface area contributed by atoms with Crippen LogP contribution in [0, 0.1) is 0 Å². The van der Waals surface area contributed by atoms with E-state index < -0.39 is 0 Å². The third-order valence-electron chi connectivity index (χ3n) is 7.82. The molecule has 2 aromatic rings. The number of aromatic nitrogens is 2. The van der Waals surface area contributed by atoms with E-state index in [0.717, 1.165) is 64.3 Å². The minimum absolute atomic E-state index is 0.0315. The summed E-state index contributed by atoms with van der Waals surface area (Å²) in [7, 11) is 0. The van der Waals surface area contributed by atoms with Gasteiger partial charge in [-0.1, -0.05) is 24.3 Å². The first-order chi connectivity index (χ1) is 17.5. The van der Waals surface area contributed by atoms with Crippen molar-refractivity contribution in [2.75, 3.05) is 45.1 Å². The lowest BCUT2D eigenvalue weighted by Gasteiger charge is -2.40. The number of hydrogen-bond acceptors (Lipinski definition) is 8. The molecule has 9 nitrogen and oxygen atoms in total. The van der Waals surface area contributed by atoms with E-state index in [1.807, 2.05) is 12.1 Å². The molecule has 9 heteroatoms. The van der Waals surface area contributed by atoms with Crippen LogP contribution in [0.3, 0.4) is 0 Å². The molecule has 3 fully saturated rings. The Morgan fingerprint density at radius 3 is 2.42 bits per heavy atom. The molecule has 1 amide bonds. The molecule has 5 rings (SSSR count). The highest BCUT2D eigenvalue weighted by Gasteiger charge is 2.26. The van der Waals surface area contributed by atoms with E-state index in [2.05, 4.69) is 37.2 Å². The number of likely N-dealkylation sites (tertiary alicyclic amines) is 1. The van der Waals surface area contributed by atoms with Crippen LogP contribution in [-0.2, 0) is 11.3 Å². The molecule has 1 aromatic heterocycles. The Morgan fingerprint density at radius 2 is 1.72 bits per heavy atom. The van der Waals surface area contributed by atoms with E-state index in [1.54, 1.807) is 6.20 Å². The van der Waals surface area contributed by atoms with E-state index in [-0.39, 0.29) is 29.6 Å². The summed E-state index contributed by atoms with van der Waals surface area (Å²) in [6.07, 6.45) is 6.69. The van der Waals surface area contributed by atoms with Gasteiger partial charge in [-0.25, -0.2) is 9.97 Å². The molecule has 194 valence electrons. The molecule has 0 spiro atoms. The number of aliphatic hydroxyl groups excluding tert-OH is 1. The summed E-state index contributed by atoms with van der Waals surface area (Å²) in [5.74, 6) is -0.176. The quantitative estimate of drug-likeness (QED) is 0.559. The smallest absolute Gasteiger partial charge is 0.273 e. The van der Waals surface area contributed by atoms with Crippen molar-refractivity contribution in [1.82, 2.24) is 25.1 Å². The topological polar surface area (TPSA) is 117 Å². The standard InChI is InChI=1S/C27H38N6O3/c28-26-25(27(35)30-21-5-7-23(34)8-6-21)31-24(17-29-26)20-3-1-19(2-4-20)18-32-11-9-22(10-12-32)33-13-15-36-16-14-33/h1-4,17,21-23,34H,5-16,18H2,(H2,28,29)(H,30,35). The Bertz CT molecular complexity index is 1010. The number of anilines is 1. The molecular formula is C27H38N6O3. The van der Waals surface area contributed by atoms with Crippen molar-refractivity contribution in [1.29, 1.82) is 0 Å². The normalized spacial score (nSPS) is 24.5. The molecule has 2 aliphatic heterocycles. The van der Waals surface area contributed by atoms with Crippen molar-refractivity contribution >= 4 is 11.7 Å². The second-order valence-corrected chi connectivity index (χ2v) is 10.3. The number of ether oxygens (including phenoxy) is 1. The first kappa shape index (κ1) is 25.1. The SMILES string of the molecule is Nc1ncc(-c2ccc(CN3CCC(N4CCOCC4)CC3)cc2)nc1C(=O)NC1CCC(O)CC1. The molecule has 1 aliphatic carbocycles. The average molecular weight is 495 g/mol. The van der Waals surface area contributed by atoms with Crippen molar-refractivity contribution in [2.24, 2.45) is 0 Å². The summed E-state index contributed by atoms with van der Waals surface area (Å²) < 4.78 is 5.50. The first-order valence-corrected chi connectivity index (χ1v) is 13.3. The van der Waals surface area contributed by atoms with Crippen LogP contribution < -0.4 is 11.1 Å². The average Bonchev–Trinajstić information content (AvgIpc) is 2.92. The lowest BCUT2D eigenvalue weighted by molar-refractivity contribution is 0.000231. The van der Waals surface area contributed by atoms with Crippen LogP contribution in [0.15, 0.2) is 30.5 Å². The highest BCUT2D eigenvalue weighted by molar-refractivity contribution is 5.97. The zero-order valence-electron chi connectivity index (χ0n) is 20.9. The van der Waals surface area contributed by atoms with Gasteiger partial charge in [-0.3, -0.25) is 14.6 Å². The number of nitrogen functional groups attached to an aromatic ring is 1. The van der Waals surface area contributed by atoms with Crippen LogP contribution in [0.1, 0.15) is 54.6 Å². The number of nitrogens with zero attached hydrogens (tertiary/aromatic N) is 4. The summed E-state index contributed by atoms with van der Waals surface area (Å²) in [6, 6.07) is 9.07. The molecule has 3 aliphatic rings. The predicted octanol–water partition coefficient (Wildman–Crippen LogP) is 2.06. The number of morpholine rings is 1. The molecule has 0 atom stereocenters. The monoisotopic (exact) mass is 494 g/mol. The van der Waals surface area contributed by atoms with Gasteiger partial charge < -0.3 is 20.9 Å². The number of piperidine rings is 1. The third-order valence-corrected chi connectivity index (χ3v) is 7.82. The van der Waals surface area contributed by atoms with E-state index in [4.69, 9.17) is 10.5 Å². The van der Waals surface area contributed by atoms with Crippen molar-refractivity contribution in [3.05, 3.63) is 41.7 Å². The van der Waals surface area contributed by atoms with Crippen LogP contribution in [0.2, 0.25) is 0 Å². The van der Waals surface area contributed by atoms with Crippen molar-refractivity contribution in [3.63, 3.8) is 0 Å². The second-order valence-electron chi connectivity index (χ2n) is 10.3. The molecule has 1 aromatic carbocycles. The highest BCUT2D eigenvalue weighted by atomic mass is 16.5. The summed E-state index contributed by atoms with van der Waals surface area (Å²) in [5, 5.41) is 12.7. The minimum Gasteiger partial charge on any atom is -0.393 e. The predicted molar refractivity (Wildman–Crippen MR) is 138 cm³/mol. The Labute approximate surface area is 213 Å². The molecule has 3 heterocycles. The Balaban J connectivity index is 1.16. The zero-order chi connectivity index (χ0) is 24.9. The number of carbonyl (C=O) groups is 1. The lowest BCUT2D eigenvalue weighted by Crippen LogP contribution is -2.48. The van der Waals surface area contributed by atoms with E-state index in [1.165, 1.54) is 18.4 Å². The fraction of sp³-hybridized carbons (Fsp3) is 0.593. The molecular weight excluding hydrogens is 456 g/mol. The Hall–Kier alpha value is -2.59. The van der Waals surface area contributed by atoms with Gasteiger partial charge in [-0.2, -0.15) is 0 Å². The molecule has 36 heavy (non-hydrogen) atoms. The number of hydrogen-bond donors (Lipinski definition) is 3. The number of carbonyl (C=O) groups excluding carboxylic acids is 1. The number of amides is 1. The first-order valence-electron chi connectivity index (χ1n) is 13.3. The number of rotatable bonds is 6. The van der Waals surface area contributed by atoms with Gasteiger partial charge >= 0.3 is 0 Å². The van der Waals surface area contributed by atoms with Crippen LogP contribution in [0.25, 0.3) is 11.3 Å². The van der Waals surface area contributed by atoms with Crippen molar-refractivity contribution in [2.45, 2.75) is 63.3 Å². The van der Waals surface area contributed by atoms with E-state index >= 15 is 0 Å². The molecule has 0 radical (unpaired) electrons. The van der Waals surface area contributed by atoms with Gasteiger partial charge in [0.05, 0.1) is 31.2 Å². The molecule has 1 saturated carbocycles. The maximum atomic E-state index is 12.8. The van der Waals surface area contributed by atoms with Crippen LogP contribution in [-0.4, -0.2) is 88.4 Å². The zero-order valence-corrected chi connectivity index (χ0v) is 20.9. The fourth-order valence-electron chi connectivity index (χ4n) is 5.60. The van der Waals surface area contributed by atoms with Gasteiger partial charge in [-0.15, -0.1) is 0 Å². The lowest BCUT2D eigenvalue weighted by atomic mass is 9.93. The van der Waals surface area contributed by atoms with Gasteiger partial charge in [0, 0.05) is 37.3 Å². The fourth-order valence-corrected chi connectivity index (χ4v) is 5.60. The number of aliphatic hydroxyl groups is 1. The summed E-state index contributed by atoms with van der Waals surface area (Å²) in [6.45, 7) is 7.03. The molecule has 0 unspecified atom stereocenters. The van der Waals surface area contributed by atoms with Gasteiger partial charge in [0.2, 0.25) is 0 Å². The van der Waals surface area contributed by atoms with Gasteiger partial charge in [0.15, 0.2) is 11.5 Å². The maximum Gasteiger partial charge on any atom is 0.273 e. The van der Waals surface area contributed by atoms with Gasteiger partial charge in [0.25, 0.3) is 5.91 Å². The molecule has 0 bridgehead atoms. The molecule has 2 saturated heterocycles. The highest BCUT2D eigenvalue weighted by Crippen LogP contribution is 2.23. The number of nitrogens with two attached hydrogens (primary N) is 1. The third kappa shape index (κ3) is 6.21. The largest absolute Gasteiger partial charge is 0.393 e. The summed E-state index contributed by atoms with van der Waals surface area (Å²) in [4.78, 5) is 26.7. The van der Waals surface area contributed by atoms with Gasteiger partial charge in [-0.05, 0) is 57.2 Å². The number of benzene rings is 1. The summed E-state index contributed by atoms with van der Waals surface area (Å²) >= 11 is 0. The van der Waals surface area contributed by atoms with E-state index in [0.29, 0.717) is 24.6 Å². The van der Waals surface area contributed by atoms with E-state index in [9.17, 15) is 9.90 Å². The van der Waals surface area contributed by atoms with Crippen LogP contribution in [0.4, 0.5) is 5.82 Å². The molecule has 4 N–H and O–H groups in total. The van der Waals surface area contributed by atoms with Crippen LogP contribution >= 0.6 is 0 Å². The maximum absolute atomic E-state index is 12.8. The van der Waals surface area contributed by atoms with Crippen molar-refractivity contribution in [3.8, 4) is 11.3 Å². The minimum atomic E-state index is -0.305. The second kappa shape index (κ2) is 11.6. The Morgan fingerprint density at radius 1 is 1.03 bits per heavy atom. The Kier molecular flexibility index (Phi) is 8.11. The van der Waals surface area contributed by atoms with Crippen LogP contribution in [0.5, 0.6) is 0 Å².